The fraction of sp³-hybridized carbons (Fsp3) is 0.417. The van der Waals surface area contributed by atoms with Crippen LogP contribution < -0.4 is 0 Å². The highest BCUT2D eigenvalue weighted by Gasteiger charge is 2.33. The summed E-state index contributed by atoms with van der Waals surface area (Å²) in [5.74, 6) is 0.0787. The average Bonchev–Trinajstić information content (AvgIpc) is 2.18. The first-order valence-electron chi connectivity index (χ1n) is 5.40. The third-order valence-electron chi connectivity index (χ3n) is 3.04. The zero-order valence-electron chi connectivity index (χ0n) is 9.78. The van der Waals surface area contributed by atoms with Crippen LogP contribution in [0, 0.1) is 3.57 Å². The van der Waals surface area contributed by atoms with E-state index in [9.17, 15) is 4.79 Å². The molecule has 1 aromatic rings. The number of halogens is 2. The van der Waals surface area contributed by atoms with Gasteiger partial charge in [-0.2, -0.15) is 0 Å². The molecular weight excluding hydrogens is 351 g/mol. The molecule has 0 N–H and O–H groups in total. The molecule has 1 saturated heterocycles. The van der Waals surface area contributed by atoms with Gasteiger partial charge in [-0.15, -0.1) is 0 Å². The number of carbonyl (C=O) groups excluding carboxylic acids is 1. The summed E-state index contributed by atoms with van der Waals surface area (Å²) in [7, 11) is 4.07. The van der Waals surface area contributed by atoms with Gasteiger partial charge in [0.1, 0.15) is 0 Å². The number of hydrogen-bond donors (Lipinski definition) is 0. The lowest BCUT2D eigenvalue weighted by Crippen LogP contribution is -2.59. The lowest BCUT2D eigenvalue weighted by molar-refractivity contribution is 0.0398. The van der Waals surface area contributed by atoms with E-state index < -0.39 is 0 Å². The van der Waals surface area contributed by atoms with Gasteiger partial charge in [-0.05, 0) is 54.9 Å². The third kappa shape index (κ3) is 2.74. The summed E-state index contributed by atoms with van der Waals surface area (Å²) in [6.45, 7) is 1.60. The summed E-state index contributed by atoms with van der Waals surface area (Å²) < 4.78 is 0.949. The monoisotopic (exact) mass is 364 g/mol. The first-order valence-corrected chi connectivity index (χ1v) is 6.85. The molecule has 1 fully saturated rings. The second kappa shape index (κ2) is 5.12. The van der Waals surface area contributed by atoms with Gasteiger partial charge < -0.3 is 9.80 Å². The molecule has 0 atom stereocenters. The molecule has 0 radical (unpaired) electrons. The summed E-state index contributed by atoms with van der Waals surface area (Å²) in [5, 5.41) is 0.610. The number of amides is 1. The molecule has 0 unspecified atom stereocenters. The molecule has 1 aliphatic heterocycles. The zero-order chi connectivity index (χ0) is 12.6. The van der Waals surface area contributed by atoms with E-state index in [1.165, 1.54) is 0 Å². The number of nitrogens with zero attached hydrogens (tertiary/aromatic N) is 2. The molecule has 0 spiro atoms. The molecule has 17 heavy (non-hydrogen) atoms. The van der Waals surface area contributed by atoms with E-state index in [4.69, 9.17) is 11.6 Å². The van der Waals surface area contributed by atoms with Gasteiger partial charge in [0.25, 0.3) is 5.91 Å². The number of rotatable bonds is 2. The van der Waals surface area contributed by atoms with Crippen molar-refractivity contribution < 1.29 is 4.79 Å². The normalized spacial score (nSPS) is 16.2. The minimum absolute atomic E-state index is 0.0787. The van der Waals surface area contributed by atoms with Gasteiger partial charge in [0.05, 0.1) is 5.56 Å². The Bertz CT molecular complexity index is 444. The molecular formula is C12H14ClIN2O. The number of benzene rings is 1. The maximum Gasteiger partial charge on any atom is 0.255 e. The van der Waals surface area contributed by atoms with Crippen LogP contribution in [0.15, 0.2) is 18.2 Å². The van der Waals surface area contributed by atoms with E-state index >= 15 is 0 Å². The lowest BCUT2D eigenvalue weighted by atomic mass is 10.1. The zero-order valence-corrected chi connectivity index (χ0v) is 12.7. The molecule has 0 aliphatic carbocycles. The summed E-state index contributed by atoms with van der Waals surface area (Å²) in [6, 6.07) is 5.91. The smallest absolute Gasteiger partial charge is 0.255 e. The van der Waals surface area contributed by atoms with Crippen LogP contribution in [0.25, 0.3) is 0 Å². The lowest BCUT2D eigenvalue weighted by Gasteiger charge is -2.42. The molecule has 1 heterocycles. The van der Waals surface area contributed by atoms with Crippen LogP contribution in [0.4, 0.5) is 0 Å². The Morgan fingerprint density at radius 1 is 1.47 bits per heavy atom. The first-order chi connectivity index (χ1) is 7.99. The maximum absolute atomic E-state index is 12.2. The van der Waals surface area contributed by atoms with Crippen molar-refractivity contribution in [2.45, 2.75) is 6.04 Å². The number of carbonyl (C=O) groups is 1. The Hall–Kier alpha value is -0.330. The molecule has 1 amide bonds. The Balaban J connectivity index is 2.09. The Morgan fingerprint density at radius 2 is 2.12 bits per heavy atom. The van der Waals surface area contributed by atoms with Gasteiger partial charge >= 0.3 is 0 Å². The minimum atomic E-state index is 0.0787. The van der Waals surface area contributed by atoms with Crippen molar-refractivity contribution in [1.82, 2.24) is 9.80 Å². The van der Waals surface area contributed by atoms with Gasteiger partial charge in [-0.1, -0.05) is 11.6 Å². The molecule has 1 aromatic carbocycles. The van der Waals surface area contributed by atoms with Crippen molar-refractivity contribution in [2.75, 3.05) is 27.2 Å². The minimum Gasteiger partial charge on any atom is -0.335 e. The Labute approximate surface area is 120 Å². The van der Waals surface area contributed by atoms with Crippen molar-refractivity contribution in [1.29, 1.82) is 0 Å². The van der Waals surface area contributed by atoms with Crippen LogP contribution in [0.2, 0.25) is 5.02 Å². The first kappa shape index (κ1) is 13.1. The van der Waals surface area contributed by atoms with Gasteiger partial charge in [0.15, 0.2) is 0 Å². The largest absolute Gasteiger partial charge is 0.335 e. The number of likely N-dealkylation sites (tertiary alicyclic amines) is 1. The van der Waals surface area contributed by atoms with Crippen LogP contribution in [0.5, 0.6) is 0 Å². The van der Waals surface area contributed by atoms with E-state index in [0.29, 0.717) is 16.6 Å². The van der Waals surface area contributed by atoms with Crippen LogP contribution in [-0.2, 0) is 0 Å². The highest BCUT2D eigenvalue weighted by Crippen LogP contribution is 2.22. The standard InChI is InChI=1S/C12H14ClIN2O/c1-15(2)9-6-16(7-9)12(17)10-5-8(13)3-4-11(10)14/h3-5,9H,6-7H2,1-2H3. The molecule has 1 aliphatic rings. The molecule has 92 valence electrons. The van der Waals surface area contributed by atoms with Gasteiger partial charge in [0, 0.05) is 27.7 Å². The topological polar surface area (TPSA) is 23.6 Å². The SMILES string of the molecule is CN(C)C1CN(C(=O)c2cc(Cl)ccc2I)C1. The highest BCUT2D eigenvalue weighted by atomic mass is 127. The van der Waals surface area contributed by atoms with Crippen molar-refractivity contribution in [2.24, 2.45) is 0 Å². The van der Waals surface area contributed by atoms with Crippen molar-refractivity contribution in [3.63, 3.8) is 0 Å². The second-order valence-electron chi connectivity index (χ2n) is 4.45. The van der Waals surface area contributed by atoms with Gasteiger partial charge in [0.2, 0.25) is 0 Å². The van der Waals surface area contributed by atoms with E-state index in [1.807, 2.05) is 25.1 Å². The van der Waals surface area contributed by atoms with Crippen molar-refractivity contribution in [3.8, 4) is 0 Å². The molecule has 3 nitrogen and oxygen atoms in total. The van der Waals surface area contributed by atoms with E-state index in [-0.39, 0.29) is 5.91 Å². The fourth-order valence-electron chi connectivity index (χ4n) is 1.78. The molecule has 5 heteroatoms. The van der Waals surface area contributed by atoms with Gasteiger partial charge in [-0.25, -0.2) is 0 Å². The number of likely N-dealkylation sites (N-methyl/N-ethyl adjacent to an activating group) is 1. The molecule has 0 aromatic heterocycles. The van der Waals surface area contributed by atoms with Crippen LogP contribution in [0.1, 0.15) is 10.4 Å². The van der Waals surface area contributed by atoms with E-state index in [2.05, 4.69) is 27.5 Å². The van der Waals surface area contributed by atoms with E-state index in [0.717, 1.165) is 16.7 Å². The van der Waals surface area contributed by atoms with Crippen LogP contribution in [0.3, 0.4) is 0 Å². The average molecular weight is 365 g/mol. The van der Waals surface area contributed by atoms with Crippen molar-refractivity contribution in [3.05, 3.63) is 32.4 Å². The van der Waals surface area contributed by atoms with Crippen LogP contribution in [-0.4, -0.2) is 48.9 Å². The van der Waals surface area contributed by atoms with E-state index in [1.54, 1.807) is 12.1 Å². The summed E-state index contributed by atoms with van der Waals surface area (Å²) in [4.78, 5) is 16.2. The molecule has 2 rings (SSSR count). The fourth-order valence-corrected chi connectivity index (χ4v) is 2.52. The van der Waals surface area contributed by atoms with Crippen LogP contribution >= 0.6 is 34.2 Å². The molecule has 0 bridgehead atoms. The summed E-state index contributed by atoms with van der Waals surface area (Å²) in [5.41, 5.74) is 0.704. The summed E-state index contributed by atoms with van der Waals surface area (Å²) in [6.07, 6.45) is 0. The van der Waals surface area contributed by atoms with Gasteiger partial charge in [-0.3, -0.25) is 4.79 Å². The third-order valence-corrected chi connectivity index (χ3v) is 4.21. The second-order valence-corrected chi connectivity index (χ2v) is 6.05. The van der Waals surface area contributed by atoms with Crippen molar-refractivity contribution >= 4 is 40.1 Å². The summed E-state index contributed by atoms with van der Waals surface area (Å²) >= 11 is 8.09. The highest BCUT2D eigenvalue weighted by molar-refractivity contribution is 14.1. The quantitative estimate of drug-likeness (QED) is 0.752. The predicted octanol–water partition coefficient (Wildman–Crippen LogP) is 2.33. The Morgan fingerprint density at radius 3 is 2.71 bits per heavy atom. The molecule has 0 saturated carbocycles. The maximum atomic E-state index is 12.2. The predicted molar refractivity (Wildman–Crippen MR) is 77.5 cm³/mol. The Kier molecular flexibility index (Phi) is 3.95. The number of hydrogen-bond acceptors (Lipinski definition) is 2.